The van der Waals surface area contributed by atoms with E-state index < -0.39 is 18.4 Å². The normalized spacial score (nSPS) is 11.6. The van der Waals surface area contributed by atoms with Crippen LogP contribution in [0.4, 0.5) is 0 Å². The SMILES string of the molecule is CCc1ccc(-c2ccc(C(=O)NCCCC(=O)N[C@@H](CN)C(=O)CO)cc2)cc1. The fraction of sp³-hybridized carbons (Fsp3) is 0.348. The summed E-state index contributed by atoms with van der Waals surface area (Å²) in [6.07, 6.45) is 1.56. The van der Waals surface area contributed by atoms with Crippen LogP contribution < -0.4 is 16.4 Å². The number of Topliss-reactive ketones (excluding diaryl/α,β-unsaturated/α-hetero) is 1. The van der Waals surface area contributed by atoms with E-state index in [1.54, 1.807) is 12.1 Å². The van der Waals surface area contributed by atoms with Crippen molar-refractivity contribution in [3.05, 3.63) is 59.7 Å². The van der Waals surface area contributed by atoms with E-state index in [1.165, 1.54) is 5.56 Å². The second kappa shape index (κ2) is 11.8. The summed E-state index contributed by atoms with van der Waals surface area (Å²) in [5.74, 6) is -1.08. The molecule has 0 aromatic heterocycles. The third kappa shape index (κ3) is 6.79. The molecule has 7 heteroatoms. The molecule has 1 atom stereocenters. The molecule has 0 saturated carbocycles. The highest BCUT2D eigenvalue weighted by molar-refractivity contribution is 5.94. The number of rotatable bonds is 11. The maximum absolute atomic E-state index is 12.3. The van der Waals surface area contributed by atoms with Gasteiger partial charge < -0.3 is 21.5 Å². The van der Waals surface area contributed by atoms with Crippen LogP contribution in [0.3, 0.4) is 0 Å². The Morgan fingerprint density at radius 2 is 1.60 bits per heavy atom. The Morgan fingerprint density at radius 3 is 2.13 bits per heavy atom. The van der Waals surface area contributed by atoms with E-state index in [9.17, 15) is 14.4 Å². The monoisotopic (exact) mass is 411 g/mol. The van der Waals surface area contributed by atoms with Crippen LogP contribution in [-0.4, -0.2) is 48.4 Å². The topological polar surface area (TPSA) is 122 Å². The van der Waals surface area contributed by atoms with Gasteiger partial charge in [-0.15, -0.1) is 0 Å². The molecule has 0 fully saturated rings. The molecule has 0 aliphatic heterocycles. The van der Waals surface area contributed by atoms with Crippen molar-refractivity contribution >= 4 is 17.6 Å². The number of aryl methyl sites for hydroxylation is 1. The highest BCUT2D eigenvalue weighted by atomic mass is 16.3. The standard InChI is InChI=1S/C23H29N3O4/c1-2-16-5-7-17(8-6-16)18-9-11-19(12-10-18)23(30)25-13-3-4-22(29)26-20(14-24)21(28)15-27/h5-12,20,27H,2-4,13-15,24H2,1H3,(H,25,30)(H,26,29)/t20-/m0/s1. The third-order valence-corrected chi connectivity index (χ3v) is 4.82. The molecule has 2 aromatic rings. The number of aliphatic hydroxyl groups is 1. The molecule has 30 heavy (non-hydrogen) atoms. The molecule has 2 aromatic carbocycles. The van der Waals surface area contributed by atoms with Gasteiger partial charge in [-0.2, -0.15) is 0 Å². The van der Waals surface area contributed by atoms with Crippen molar-refractivity contribution in [3.8, 4) is 11.1 Å². The van der Waals surface area contributed by atoms with Gasteiger partial charge in [-0.1, -0.05) is 43.3 Å². The Labute approximate surface area is 176 Å². The predicted molar refractivity (Wildman–Crippen MR) is 116 cm³/mol. The molecular formula is C23H29N3O4. The summed E-state index contributed by atoms with van der Waals surface area (Å²) in [4.78, 5) is 35.5. The zero-order chi connectivity index (χ0) is 21.9. The number of aliphatic hydroxyl groups excluding tert-OH is 1. The molecule has 0 radical (unpaired) electrons. The molecular weight excluding hydrogens is 382 g/mol. The van der Waals surface area contributed by atoms with Gasteiger partial charge in [-0.05, 0) is 41.7 Å². The lowest BCUT2D eigenvalue weighted by atomic mass is 10.0. The lowest BCUT2D eigenvalue weighted by molar-refractivity contribution is -0.129. The van der Waals surface area contributed by atoms with Crippen LogP contribution in [0.5, 0.6) is 0 Å². The Kier molecular flexibility index (Phi) is 9.18. The first-order valence-electron chi connectivity index (χ1n) is 10.1. The highest BCUT2D eigenvalue weighted by Crippen LogP contribution is 2.20. The molecule has 5 N–H and O–H groups in total. The van der Waals surface area contributed by atoms with E-state index >= 15 is 0 Å². The molecule has 0 aliphatic rings. The van der Waals surface area contributed by atoms with Gasteiger partial charge in [0.25, 0.3) is 5.91 Å². The van der Waals surface area contributed by atoms with E-state index in [1.807, 2.05) is 12.1 Å². The number of carbonyl (C=O) groups is 3. The summed E-state index contributed by atoms with van der Waals surface area (Å²) in [6, 6.07) is 14.8. The first-order chi connectivity index (χ1) is 14.5. The van der Waals surface area contributed by atoms with E-state index in [2.05, 4.69) is 41.8 Å². The fourth-order valence-electron chi connectivity index (χ4n) is 2.95. The van der Waals surface area contributed by atoms with Crippen molar-refractivity contribution in [1.82, 2.24) is 10.6 Å². The number of nitrogens with one attached hydrogen (secondary N) is 2. The third-order valence-electron chi connectivity index (χ3n) is 4.82. The summed E-state index contributed by atoms with van der Waals surface area (Å²) in [6.45, 7) is 1.71. The lowest BCUT2D eigenvalue weighted by Gasteiger charge is -2.14. The van der Waals surface area contributed by atoms with E-state index in [0.29, 0.717) is 18.5 Å². The van der Waals surface area contributed by atoms with Crippen molar-refractivity contribution in [2.45, 2.75) is 32.2 Å². The van der Waals surface area contributed by atoms with Crippen molar-refractivity contribution in [2.24, 2.45) is 5.73 Å². The van der Waals surface area contributed by atoms with Crippen molar-refractivity contribution in [1.29, 1.82) is 0 Å². The van der Waals surface area contributed by atoms with Gasteiger partial charge in [0.2, 0.25) is 5.91 Å². The van der Waals surface area contributed by atoms with Gasteiger partial charge in [0.15, 0.2) is 5.78 Å². The average Bonchev–Trinajstić information content (AvgIpc) is 2.79. The zero-order valence-corrected chi connectivity index (χ0v) is 17.2. The number of ketones is 1. The molecule has 7 nitrogen and oxygen atoms in total. The lowest BCUT2D eigenvalue weighted by Crippen LogP contribution is -2.47. The second-order valence-electron chi connectivity index (χ2n) is 6.97. The van der Waals surface area contributed by atoms with Crippen LogP contribution in [-0.2, 0) is 16.0 Å². The minimum Gasteiger partial charge on any atom is -0.388 e. The Hall–Kier alpha value is -3.03. The molecule has 2 rings (SSSR count). The van der Waals surface area contributed by atoms with E-state index in [0.717, 1.165) is 17.5 Å². The maximum Gasteiger partial charge on any atom is 0.251 e. The van der Waals surface area contributed by atoms with E-state index in [4.69, 9.17) is 10.8 Å². The van der Waals surface area contributed by atoms with Crippen molar-refractivity contribution in [2.75, 3.05) is 19.7 Å². The molecule has 0 aliphatic carbocycles. The largest absolute Gasteiger partial charge is 0.388 e. The number of carbonyl (C=O) groups excluding carboxylic acids is 3. The van der Waals surface area contributed by atoms with Gasteiger partial charge in [0.1, 0.15) is 12.6 Å². The Balaban J connectivity index is 1.78. The van der Waals surface area contributed by atoms with Crippen LogP contribution in [0.15, 0.2) is 48.5 Å². The molecule has 160 valence electrons. The second-order valence-corrected chi connectivity index (χ2v) is 6.97. The number of benzene rings is 2. The van der Waals surface area contributed by atoms with Crippen LogP contribution in [0.1, 0.15) is 35.7 Å². The number of amides is 2. The summed E-state index contributed by atoms with van der Waals surface area (Å²) in [5.41, 5.74) is 9.38. The van der Waals surface area contributed by atoms with Gasteiger partial charge in [-0.3, -0.25) is 14.4 Å². The quantitative estimate of drug-likeness (QED) is 0.417. The molecule has 0 saturated heterocycles. The Morgan fingerprint density at radius 1 is 1.00 bits per heavy atom. The van der Waals surface area contributed by atoms with Crippen LogP contribution in [0, 0.1) is 0 Å². The first-order valence-corrected chi connectivity index (χ1v) is 10.1. The zero-order valence-electron chi connectivity index (χ0n) is 17.2. The van der Waals surface area contributed by atoms with Gasteiger partial charge >= 0.3 is 0 Å². The number of hydrogen-bond acceptors (Lipinski definition) is 5. The molecule has 2 amide bonds. The molecule has 0 heterocycles. The molecule has 0 bridgehead atoms. The van der Waals surface area contributed by atoms with Crippen LogP contribution in [0.25, 0.3) is 11.1 Å². The summed E-state index contributed by atoms with van der Waals surface area (Å²) in [7, 11) is 0. The first kappa shape index (κ1) is 23.3. The van der Waals surface area contributed by atoms with Gasteiger partial charge in [0, 0.05) is 25.1 Å². The Bertz CT molecular complexity index is 848. The van der Waals surface area contributed by atoms with Gasteiger partial charge in [-0.25, -0.2) is 0 Å². The van der Waals surface area contributed by atoms with E-state index in [-0.39, 0.29) is 24.8 Å². The minimum atomic E-state index is -0.881. The predicted octanol–water partition coefficient (Wildman–Crippen LogP) is 1.43. The van der Waals surface area contributed by atoms with Gasteiger partial charge in [0.05, 0.1) is 0 Å². The number of nitrogens with two attached hydrogens (primary N) is 1. The number of hydrogen-bond donors (Lipinski definition) is 4. The summed E-state index contributed by atoms with van der Waals surface area (Å²) < 4.78 is 0. The smallest absolute Gasteiger partial charge is 0.251 e. The summed E-state index contributed by atoms with van der Waals surface area (Å²) in [5, 5.41) is 14.1. The highest BCUT2D eigenvalue weighted by Gasteiger charge is 2.17. The van der Waals surface area contributed by atoms with Crippen LogP contribution >= 0.6 is 0 Å². The van der Waals surface area contributed by atoms with Crippen LogP contribution in [0.2, 0.25) is 0 Å². The maximum atomic E-state index is 12.3. The average molecular weight is 412 g/mol. The van der Waals surface area contributed by atoms with Crippen molar-refractivity contribution < 1.29 is 19.5 Å². The van der Waals surface area contributed by atoms with Crippen molar-refractivity contribution in [3.63, 3.8) is 0 Å². The fourth-order valence-corrected chi connectivity index (χ4v) is 2.95. The molecule has 0 spiro atoms. The minimum absolute atomic E-state index is 0.0688. The molecule has 0 unspecified atom stereocenters. The summed E-state index contributed by atoms with van der Waals surface area (Å²) >= 11 is 0.